The van der Waals surface area contributed by atoms with Crippen molar-refractivity contribution in [1.82, 2.24) is 15.1 Å². The minimum Gasteiger partial charge on any atom is -0.316 e. The van der Waals surface area contributed by atoms with Crippen LogP contribution in [0.4, 0.5) is 0 Å². The van der Waals surface area contributed by atoms with Crippen molar-refractivity contribution in [1.29, 1.82) is 0 Å². The number of nitrogens with zero attached hydrogens (tertiary/aromatic N) is 2. The van der Waals surface area contributed by atoms with Gasteiger partial charge >= 0.3 is 0 Å². The Hall–Kier alpha value is -0.830. The van der Waals surface area contributed by atoms with Crippen molar-refractivity contribution in [2.45, 2.75) is 64.3 Å². The van der Waals surface area contributed by atoms with Gasteiger partial charge in [-0.3, -0.25) is 4.68 Å². The Morgan fingerprint density at radius 3 is 2.53 bits per heavy atom. The Morgan fingerprint density at radius 1 is 1.32 bits per heavy atom. The van der Waals surface area contributed by atoms with Crippen LogP contribution in [0.1, 0.15) is 56.8 Å². The zero-order valence-corrected chi connectivity index (χ0v) is 12.8. The van der Waals surface area contributed by atoms with E-state index in [0.29, 0.717) is 6.04 Å². The van der Waals surface area contributed by atoms with E-state index in [9.17, 15) is 0 Å². The molecular formula is C16H29N3. The highest BCUT2D eigenvalue weighted by molar-refractivity contribution is 5.12. The second kappa shape index (κ2) is 7.09. The van der Waals surface area contributed by atoms with E-state index in [1.807, 2.05) is 0 Å². The fraction of sp³-hybridized carbons (Fsp3) is 0.812. The summed E-state index contributed by atoms with van der Waals surface area (Å²) >= 11 is 0. The summed E-state index contributed by atoms with van der Waals surface area (Å²) in [5.74, 6) is 0.840. The molecule has 1 N–H and O–H groups in total. The minimum atomic E-state index is 0.609. The maximum Gasteiger partial charge on any atom is 0.0624 e. The molecule has 1 aromatic heterocycles. The first-order valence-electron chi connectivity index (χ1n) is 7.93. The Balaban J connectivity index is 2.02. The first-order chi connectivity index (χ1) is 9.24. The van der Waals surface area contributed by atoms with Gasteiger partial charge in [0.25, 0.3) is 0 Å². The number of likely N-dealkylation sites (N-methyl/N-ethyl adjacent to an activating group) is 1. The fourth-order valence-corrected chi connectivity index (χ4v) is 3.38. The summed E-state index contributed by atoms with van der Waals surface area (Å²) in [6.45, 7) is 2.17. The molecule has 0 radical (unpaired) electrons. The lowest BCUT2D eigenvalue weighted by Crippen LogP contribution is -2.36. The Kier molecular flexibility index (Phi) is 5.44. The predicted molar refractivity (Wildman–Crippen MR) is 80.3 cm³/mol. The molecular weight excluding hydrogens is 234 g/mol. The number of hydrogen-bond donors (Lipinski definition) is 1. The lowest BCUT2D eigenvalue weighted by atomic mass is 9.89. The van der Waals surface area contributed by atoms with E-state index in [1.54, 1.807) is 0 Å². The minimum absolute atomic E-state index is 0.609. The molecule has 0 saturated heterocycles. The molecule has 1 atom stereocenters. The molecule has 1 saturated carbocycles. The summed E-state index contributed by atoms with van der Waals surface area (Å²) < 4.78 is 2.07. The van der Waals surface area contributed by atoms with Crippen molar-refractivity contribution in [2.75, 3.05) is 7.05 Å². The third-order valence-electron chi connectivity index (χ3n) is 4.66. The third kappa shape index (κ3) is 3.82. The van der Waals surface area contributed by atoms with Crippen LogP contribution in [0.5, 0.6) is 0 Å². The van der Waals surface area contributed by atoms with Gasteiger partial charge in [-0.1, -0.05) is 32.6 Å². The average molecular weight is 263 g/mol. The molecule has 3 nitrogen and oxygen atoms in total. The van der Waals surface area contributed by atoms with Crippen LogP contribution in [0, 0.1) is 5.92 Å². The van der Waals surface area contributed by atoms with Crippen LogP contribution in [0.3, 0.4) is 0 Å². The van der Waals surface area contributed by atoms with Crippen molar-refractivity contribution in [3.8, 4) is 0 Å². The van der Waals surface area contributed by atoms with Gasteiger partial charge in [0.1, 0.15) is 0 Å². The van der Waals surface area contributed by atoms with Crippen molar-refractivity contribution in [2.24, 2.45) is 13.0 Å². The SMILES string of the molecule is CCc1cc(CC(NC)C2CCCCCC2)n(C)n1. The lowest BCUT2D eigenvalue weighted by molar-refractivity contribution is 0.328. The van der Waals surface area contributed by atoms with E-state index in [0.717, 1.165) is 18.8 Å². The van der Waals surface area contributed by atoms with Gasteiger partial charge in [-0.25, -0.2) is 0 Å². The van der Waals surface area contributed by atoms with Gasteiger partial charge in [-0.15, -0.1) is 0 Å². The van der Waals surface area contributed by atoms with E-state index in [2.05, 4.69) is 42.2 Å². The predicted octanol–water partition coefficient (Wildman–Crippen LogP) is 3.08. The summed E-state index contributed by atoms with van der Waals surface area (Å²) in [5, 5.41) is 8.13. The smallest absolute Gasteiger partial charge is 0.0624 e. The third-order valence-corrected chi connectivity index (χ3v) is 4.66. The summed E-state index contributed by atoms with van der Waals surface area (Å²) in [7, 11) is 4.20. The van der Waals surface area contributed by atoms with E-state index in [4.69, 9.17) is 0 Å². The Morgan fingerprint density at radius 2 is 2.00 bits per heavy atom. The van der Waals surface area contributed by atoms with Gasteiger partial charge in [-0.05, 0) is 38.3 Å². The van der Waals surface area contributed by atoms with Crippen molar-refractivity contribution in [3.63, 3.8) is 0 Å². The largest absolute Gasteiger partial charge is 0.316 e. The fourth-order valence-electron chi connectivity index (χ4n) is 3.38. The van der Waals surface area contributed by atoms with Crippen molar-refractivity contribution < 1.29 is 0 Å². The van der Waals surface area contributed by atoms with Gasteiger partial charge in [0.15, 0.2) is 0 Å². The summed E-state index contributed by atoms with van der Waals surface area (Å²) in [6, 6.07) is 2.89. The van der Waals surface area contributed by atoms with E-state index in [1.165, 1.54) is 49.9 Å². The second-order valence-corrected chi connectivity index (χ2v) is 5.96. The van der Waals surface area contributed by atoms with Crippen molar-refractivity contribution >= 4 is 0 Å². The lowest BCUT2D eigenvalue weighted by Gasteiger charge is -2.25. The molecule has 0 aromatic carbocycles. The number of aromatic nitrogens is 2. The van der Waals surface area contributed by atoms with Crippen molar-refractivity contribution in [3.05, 3.63) is 17.5 Å². The molecule has 0 bridgehead atoms. The molecule has 1 aromatic rings. The van der Waals surface area contributed by atoms with Gasteiger partial charge in [0.05, 0.1) is 5.69 Å². The van der Waals surface area contributed by atoms with Gasteiger partial charge in [-0.2, -0.15) is 5.10 Å². The Labute approximate surface area is 117 Å². The molecule has 0 aliphatic heterocycles. The normalized spacial score (nSPS) is 19.3. The zero-order chi connectivity index (χ0) is 13.7. The highest BCUT2D eigenvalue weighted by Gasteiger charge is 2.22. The summed E-state index contributed by atoms with van der Waals surface area (Å²) in [5.41, 5.74) is 2.59. The molecule has 0 amide bonds. The molecule has 2 rings (SSSR count). The monoisotopic (exact) mass is 263 g/mol. The van der Waals surface area contributed by atoms with Gasteiger partial charge < -0.3 is 5.32 Å². The Bertz CT molecular complexity index is 375. The average Bonchev–Trinajstić information content (AvgIpc) is 2.64. The molecule has 1 aliphatic rings. The molecule has 1 aliphatic carbocycles. The zero-order valence-electron chi connectivity index (χ0n) is 12.8. The molecule has 3 heteroatoms. The number of aryl methyl sites for hydroxylation is 2. The molecule has 19 heavy (non-hydrogen) atoms. The maximum atomic E-state index is 4.57. The standard InChI is InChI=1S/C16H29N3/c1-4-14-11-15(19(3)18-14)12-16(17-2)13-9-7-5-6-8-10-13/h11,13,16-17H,4-10,12H2,1-3H3. The van der Waals surface area contributed by atoms with Crippen LogP contribution in [0.2, 0.25) is 0 Å². The maximum absolute atomic E-state index is 4.57. The summed E-state index contributed by atoms with van der Waals surface area (Å²) in [6.07, 6.45) is 10.6. The van der Waals surface area contributed by atoms with Crippen LogP contribution in [-0.2, 0) is 19.9 Å². The van der Waals surface area contributed by atoms with Crippen LogP contribution < -0.4 is 5.32 Å². The number of rotatable bonds is 5. The van der Waals surface area contributed by atoms with Gasteiger partial charge in [0, 0.05) is 25.2 Å². The van der Waals surface area contributed by atoms with Crippen LogP contribution >= 0.6 is 0 Å². The van der Waals surface area contributed by atoms with Crippen LogP contribution in [-0.4, -0.2) is 22.9 Å². The van der Waals surface area contributed by atoms with Crippen LogP contribution in [0.15, 0.2) is 6.07 Å². The van der Waals surface area contributed by atoms with E-state index < -0.39 is 0 Å². The quantitative estimate of drug-likeness (QED) is 0.827. The first kappa shape index (κ1) is 14.6. The van der Waals surface area contributed by atoms with Crippen LogP contribution in [0.25, 0.3) is 0 Å². The highest BCUT2D eigenvalue weighted by Crippen LogP contribution is 2.27. The highest BCUT2D eigenvalue weighted by atomic mass is 15.3. The van der Waals surface area contributed by atoms with Gasteiger partial charge in [0.2, 0.25) is 0 Å². The molecule has 1 fully saturated rings. The second-order valence-electron chi connectivity index (χ2n) is 5.96. The molecule has 0 spiro atoms. The topological polar surface area (TPSA) is 29.9 Å². The molecule has 1 heterocycles. The first-order valence-corrected chi connectivity index (χ1v) is 7.93. The molecule has 108 valence electrons. The van der Waals surface area contributed by atoms with E-state index >= 15 is 0 Å². The van der Waals surface area contributed by atoms with E-state index in [-0.39, 0.29) is 0 Å². The number of nitrogens with one attached hydrogen (secondary N) is 1. The molecule has 1 unspecified atom stereocenters. The summed E-state index contributed by atoms with van der Waals surface area (Å²) in [4.78, 5) is 0. The number of hydrogen-bond acceptors (Lipinski definition) is 2.